The molecule has 7 nitrogen and oxygen atoms in total. The van der Waals surface area contributed by atoms with Crippen LogP contribution in [0.2, 0.25) is 0 Å². The van der Waals surface area contributed by atoms with Gasteiger partial charge in [-0.3, -0.25) is 29.9 Å². The minimum atomic E-state index is -8.55. The predicted molar refractivity (Wildman–Crippen MR) is 152 cm³/mol. The van der Waals surface area contributed by atoms with Crippen LogP contribution in [0.25, 0.3) is 45.6 Å². The molecule has 0 spiro atoms. The third-order valence-electron chi connectivity index (χ3n) is 5.12. The molecule has 0 saturated heterocycles. The number of aromatic nitrogens is 7. The molecular formula is C29H21ClF6N7PRhRu+3. The first kappa shape index (κ1) is 42.4. The van der Waals surface area contributed by atoms with E-state index >= 15 is 0 Å². The molecule has 0 radical (unpaired) electrons. The van der Waals surface area contributed by atoms with Gasteiger partial charge in [-0.1, -0.05) is 30.3 Å². The van der Waals surface area contributed by atoms with Crippen LogP contribution in [0, 0.1) is 0 Å². The van der Waals surface area contributed by atoms with Gasteiger partial charge in [-0.05, 0) is 60.7 Å². The molecule has 0 fully saturated rings. The smallest absolute Gasteiger partial charge is 1.00 e. The van der Waals surface area contributed by atoms with Crippen molar-refractivity contribution in [3.8, 4) is 45.6 Å². The summed E-state index contributed by atoms with van der Waals surface area (Å²) in [5, 5.41) is 0. The van der Waals surface area contributed by atoms with E-state index in [0.29, 0.717) is 0 Å². The first-order valence-corrected chi connectivity index (χ1v) is 13.9. The Labute approximate surface area is 292 Å². The Hall–Kier alpha value is -3.62. The fourth-order valence-electron chi connectivity index (χ4n) is 3.47. The van der Waals surface area contributed by atoms with E-state index in [0.717, 1.165) is 45.6 Å². The summed E-state index contributed by atoms with van der Waals surface area (Å²) in [7, 11) is -8.55. The van der Waals surface area contributed by atoms with E-state index in [-0.39, 0.29) is 56.1 Å². The number of hydrogen-bond acceptors (Lipinski definition) is 7. The van der Waals surface area contributed by atoms with Gasteiger partial charge in [0.1, 0.15) is 11.4 Å². The summed E-state index contributed by atoms with van der Waals surface area (Å²) in [6.45, 7) is 0. The predicted octanol–water partition coefficient (Wildman–Crippen LogP) is 2.77. The third kappa shape index (κ3) is 14.6. The Bertz CT molecular complexity index is 1590. The quantitative estimate of drug-likeness (QED) is 0.153. The van der Waals surface area contributed by atoms with Crippen LogP contribution in [0.15, 0.2) is 128 Å². The van der Waals surface area contributed by atoms with Gasteiger partial charge in [-0.25, -0.2) is 4.98 Å². The molecule has 6 aromatic rings. The standard InChI is InChI=1S/C15H11N3.C14H10N4.ClH.F5P.FH.Rh.Ru/c1-3-10-16-12(6-1)14-8-5-9-15(18-14)13-7-2-4-11-17-13;1-3-7-15-11(5-1)13-14(18-10-9-17-13)12-6-2-4-8-16-12;;1-6(2,3,4)5;;;/h1-11H;1-10H;1H;;1H;;/q;;;;;+3;+2/p-2. The van der Waals surface area contributed by atoms with Gasteiger partial charge in [0.2, 0.25) is 0 Å². The summed E-state index contributed by atoms with van der Waals surface area (Å²) < 4.78 is 49.2. The van der Waals surface area contributed by atoms with Gasteiger partial charge in [0.25, 0.3) is 0 Å². The third-order valence-corrected chi connectivity index (χ3v) is 5.12. The van der Waals surface area contributed by atoms with E-state index in [9.17, 15) is 21.0 Å². The Morgan fingerprint density at radius 3 is 0.957 bits per heavy atom. The summed E-state index contributed by atoms with van der Waals surface area (Å²) in [6, 6.07) is 28.9. The van der Waals surface area contributed by atoms with Crippen LogP contribution < -0.4 is 17.1 Å². The molecule has 0 aliphatic carbocycles. The number of rotatable bonds is 4. The summed E-state index contributed by atoms with van der Waals surface area (Å²) in [6.07, 6.45) is 10.3. The number of hydrogen-bond donors (Lipinski definition) is 0. The summed E-state index contributed by atoms with van der Waals surface area (Å²) in [5.41, 5.74) is 6.55. The zero-order valence-electron chi connectivity index (χ0n) is 23.0. The van der Waals surface area contributed by atoms with Crippen molar-refractivity contribution >= 4 is 8.16 Å². The second-order valence-electron chi connectivity index (χ2n) is 8.16. The molecule has 0 aliphatic rings. The number of pyridine rings is 5. The molecule has 0 N–H and O–H groups in total. The van der Waals surface area contributed by atoms with E-state index in [1.165, 1.54) is 0 Å². The molecule has 6 heterocycles. The van der Waals surface area contributed by atoms with Crippen LogP contribution in [0.5, 0.6) is 0 Å². The van der Waals surface area contributed by atoms with Crippen molar-refractivity contribution in [2.45, 2.75) is 0 Å². The molecular weight excluding hydrogens is 831 g/mol. The maximum absolute atomic E-state index is 9.84. The van der Waals surface area contributed by atoms with E-state index in [2.05, 4.69) is 34.9 Å². The van der Waals surface area contributed by atoms with Gasteiger partial charge in [0, 0.05) is 37.2 Å². The number of nitrogens with zero attached hydrogens (tertiary/aromatic N) is 7. The van der Waals surface area contributed by atoms with Crippen molar-refractivity contribution < 1.29 is 77.1 Å². The van der Waals surface area contributed by atoms with Gasteiger partial charge in [-0.15, -0.1) is 0 Å². The van der Waals surface area contributed by atoms with Crippen LogP contribution in [-0.4, -0.2) is 34.9 Å². The van der Waals surface area contributed by atoms with Crippen molar-refractivity contribution in [1.82, 2.24) is 34.9 Å². The normalized spacial score (nSPS) is 10.5. The molecule has 0 unspecified atom stereocenters. The van der Waals surface area contributed by atoms with Gasteiger partial charge in [0.15, 0.2) is 0 Å². The molecule has 0 amide bonds. The van der Waals surface area contributed by atoms with Crippen molar-refractivity contribution in [1.29, 1.82) is 0 Å². The Balaban J connectivity index is 0.000000699. The SMILES string of the molecule is FP(F)(F)(F)F.[Cl-].[F-].[Rh+3].[Ru+2].c1ccc(-c2cccc(-c3ccccn3)n2)nc1.c1ccc(-c2nccnc2-c2ccccn2)nc1. The fraction of sp³-hybridized carbons (Fsp3) is 0. The van der Waals surface area contributed by atoms with E-state index in [1.54, 1.807) is 37.2 Å². The molecule has 240 valence electrons. The molecule has 0 aliphatic heterocycles. The second-order valence-corrected chi connectivity index (χ2v) is 9.44. The molecule has 0 bridgehead atoms. The number of halogens is 7. The van der Waals surface area contributed by atoms with Crippen LogP contribution in [0.1, 0.15) is 0 Å². The topological polar surface area (TPSA) is 90.2 Å². The summed E-state index contributed by atoms with van der Waals surface area (Å²) in [4.78, 5) is 30.5. The Morgan fingerprint density at radius 1 is 0.391 bits per heavy atom. The van der Waals surface area contributed by atoms with Crippen LogP contribution in [0.4, 0.5) is 21.0 Å². The van der Waals surface area contributed by atoms with Gasteiger partial charge in [-0.2, -0.15) is 0 Å². The second kappa shape index (κ2) is 19.8. The molecule has 6 rings (SSSR count). The average Bonchev–Trinajstić information content (AvgIpc) is 3.02. The van der Waals surface area contributed by atoms with Crippen LogP contribution in [0.3, 0.4) is 0 Å². The molecule has 0 aromatic carbocycles. The van der Waals surface area contributed by atoms with Gasteiger partial charge in [0.05, 0.1) is 34.2 Å². The summed E-state index contributed by atoms with van der Waals surface area (Å²) >= 11 is 0. The average molecular weight is 852 g/mol. The van der Waals surface area contributed by atoms with Crippen molar-refractivity contribution in [3.63, 3.8) is 0 Å². The first-order chi connectivity index (χ1) is 20.1. The zero-order valence-corrected chi connectivity index (χ0v) is 28.1. The molecule has 0 saturated carbocycles. The van der Waals surface area contributed by atoms with Crippen molar-refractivity contribution in [3.05, 3.63) is 128 Å². The Kier molecular flexibility index (Phi) is 18.2. The zero-order chi connectivity index (χ0) is 29.9. The monoisotopic (exact) mass is 852 g/mol. The maximum atomic E-state index is 9.84. The van der Waals surface area contributed by atoms with Crippen molar-refractivity contribution in [2.75, 3.05) is 0 Å². The molecule has 17 heteroatoms. The maximum Gasteiger partial charge on any atom is 3.00 e. The minimum Gasteiger partial charge on any atom is -1.00 e. The van der Waals surface area contributed by atoms with Crippen LogP contribution >= 0.6 is 8.16 Å². The van der Waals surface area contributed by atoms with Crippen LogP contribution in [-0.2, 0) is 39.0 Å². The van der Waals surface area contributed by atoms with Crippen molar-refractivity contribution in [2.24, 2.45) is 0 Å². The van der Waals surface area contributed by atoms with Gasteiger partial charge < -0.3 is 17.1 Å². The van der Waals surface area contributed by atoms with E-state index in [1.807, 2.05) is 91.0 Å². The first-order valence-electron chi connectivity index (χ1n) is 12.2. The summed E-state index contributed by atoms with van der Waals surface area (Å²) in [5.74, 6) is 0. The molecule has 6 aromatic heterocycles. The van der Waals surface area contributed by atoms with Gasteiger partial charge >= 0.3 is 68.1 Å². The van der Waals surface area contributed by atoms with E-state index in [4.69, 9.17) is 0 Å². The molecule has 0 atom stereocenters. The molecule has 46 heavy (non-hydrogen) atoms. The fourth-order valence-corrected chi connectivity index (χ4v) is 3.47. The Morgan fingerprint density at radius 2 is 0.674 bits per heavy atom. The largest absolute Gasteiger partial charge is 3.00 e. The van der Waals surface area contributed by atoms with E-state index < -0.39 is 8.16 Å². The minimum absolute atomic E-state index is 0.